The standard InChI is InChI=1S/C40H44Cl2FN7O5/c1-24(36-31(41)8-9-32(43)37(36)42)55-34-19-26(20-45-38(34)44)27-21-46-50(22-27)28-12-15-48(16-13-28)14-4-18-54-17-3-6-25-5-2-7-29-30(25)23-49(40(29)53)33-10-11-35(51)47-39(33)52/h2,5,7-9,19-22,24,28,33H,3-4,6,10-18,23H2,1H3,(H2,44,45)(H,47,51,52)/t24-,33?/m1/s1. The van der Waals surface area contributed by atoms with Gasteiger partial charge in [-0.05, 0) is 80.8 Å². The number of piperidine rings is 2. The number of benzene rings is 2. The van der Waals surface area contributed by atoms with Gasteiger partial charge in [0, 0.05) is 85.5 Å². The summed E-state index contributed by atoms with van der Waals surface area (Å²) in [6.07, 6.45) is 9.95. The average Bonchev–Trinajstić information content (AvgIpc) is 3.80. The minimum Gasteiger partial charge on any atom is -0.482 e. The van der Waals surface area contributed by atoms with Crippen molar-refractivity contribution in [1.29, 1.82) is 0 Å². The molecule has 2 aromatic heterocycles. The fourth-order valence-electron chi connectivity index (χ4n) is 7.71. The van der Waals surface area contributed by atoms with Gasteiger partial charge in [0.15, 0.2) is 11.6 Å². The van der Waals surface area contributed by atoms with E-state index >= 15 is 0 Å². The Kier molecular flexibility index (Phi) is 12.0. The molecule has 2 saturated heterocycles. The molecule has 0 aliphatic carbocycles. The molecule has 0 spiro atoms. The number of aromatic nitrogens is 3. The number of nitrogens with one attached hydrogen (secondary N) is 1. The Morgan fingerprint density at radius 1 is 1.04 bits per heavy atom. The van der Waals surface area contributed by atoms with Crippen LogP contribution in [0.1, 0.15) is 84.6 Å². The highest BCUT2D eigenvalue weighted by atomic mass is 35.5. The first-order chi connectivity index (χ1) is 26.6. The summed E-state index contributed by atoms with van der Waals surface area (Å²) in [5.41, 5.74) is 10.9. The lowest BCUT2D eigenvalue weighted by Crippen LogP contribution is -2.52. The van der Waals surface area contributed by atoms with Gasteiger partial charge in [-0.1, -0.05) is 35.3 Å². The van der Waals surface area contributed by atoms with Gasteiger partial charge < -0.3 is 25.0 Å². The smallest absolute Gasteiger partial charge is 0.255 e. The first kappa shape index (κ1) is 38.7. The third-order valence-electron chi connectivity index (χ3n) is 10.7. The van der Waals surface area contributed by atoms with Crippen molar-refractivity contribution in [2.75, 3.05) is 38.6 Å². The van der Waals surface area contributed by atoms with Crippen LogP contribution in [0.25, 0.3) is 11.1 Å². The number of imide groups is 1. The van der Waals surface area contributed by atoms with E-state index in [1.165, 1.54) is 12.1 Å². The number of halogens is 3. The fourth-order valence-corrected chi connectivity index (χ4v) is 8.39. The molecular weight excluding hydrogens is 748 g/mol. The van der Waals surface area contributed by atoms with Crippen LogP contribution in [-0.2, 0) is 27.3 Å². The summed E-state index contributed by atoms with van der Waals surface area (Å²) in [5.74, 6) is -0.881. The van der Waals surface area contributed by atoms with Crippen LogP contribution < -0.4 is 15.8 Å². The van der Waals surface area contributed by atoms with Gasteiger partial charge in [-0.15, -0.1) is 0 Å². The van der Waals surface area contributed by atoms with Crippen LogP contribution in [0.15, 0.2) is 55.0 Å². The molecule has 2 atom stereocenters. The number of nitrogens with two attached hydrogens (primary N) is 1. The molecule has 4 aromatic rings. The Morgan fingerprint density at radius 2 is 1.84 bits per heavy atom. The Labute approximate surface area is 329 Å². The van der Waals surface area contributed by atoms with Crippen molar-refractivity contribution in [3.05, 3.63) is 93.1 Å². The van der Waals surface area contributed by atoms with Crippen molar-refractivity contribution in [3.63, 3.8) is 0 Å². The second-order valence-corrected chi connectivity index (χ2v) is 15.1. The number of hydrogen-bond acceptors (Lipinski definition) is 9. The average molecular weight is 793 g/mol. The third-order valence-corrected chi connectivity index (χ3v) is 11.4. The number of nitrogens with zero attached hydrogens (tertiary/aromatic N) is 5. The molecule has 0 bridgehead atoms. The summed E-state index contributed by atoms with van der Waals surface area (Å²) in [5, 5.41) is 7.24. The number of nitrogen functional groups attached to an aromatic ring is 1. The van der Waals surface area contributed by atoms with E-state index in [1.807, 2.05) is 35.3 Å². The summed E-state index contributed by atoms with van der Waals surface area (Å²) in [6, 6.07) is 9.87. The van der Waals surface area contributed by atoms with Crippen LogP contribution >= 0.6 is 23.2 Å². The lowest BCUT2D eigenvalue weighted by Gasteiger charge is -2.32. The molecule has 2 fully saturated rings. The molecule has 3 N–H and O–H groups in total. The monoisotopic (exact) mass is 791 g/mol. The topological polar surface area (TPSA) is 145 Å². The maximum Gasteiger partial charge on any atom is 0.255 e. The highest BCUT2D eigenvalue weighted by molar-refractivity contribution is 6.36. The molecule has 3 amide bonds. The van der Waals surface area contributed by atoms with Gasteiger partial charge in [0.25, 0.3) is 5.91 Å². The molecule has 1 unspecified atom stereocenters. The predicted octanol–water partition coefficient (Wildman–Crippen LogP) is 6.55. The maximum atomic E-state index is 14.1. The summed E-state index contributed by atoms with van der Waals surface area (Å²) >= 11 is 12.5. The largest absolute Gasteiger partial charge is 0.482 e. The van der Waals surface area contributed by atoms with E-state index in [0.29, 0.717) is 48.1 Å². The quantitative estimate of drug-likeness (QED) is 0.0826. The zero-order valence-corrected chi connectivity index (χ0v) is 32.1. The Bertz CT molecular complexity index is 2070. The van der Waals surface area contributed by atoms with E-state index < -0.39 is 23.9 Å². The molecule has 3 aliphatic heterocycles. The molecule has 2 aromatic carbocycles. The highest BCUT2D eigenvalue weighted by Gasteiger charge is 2.39. The Balaban J connectivity index is 0.824. The molecule has 15 heteroatoms. The van der Waals surface area contributed by atoms with Crippen molar-refractivity contribution in [1.82, 2.24) is 29.9 Å². The number of pyridine rings is 1. The van der Waals surface area contributed by atoms with Crippen molar-refractivity contribution in [2.24, 2.45) is 0 Å². The van der Waals surface area contributed by atoms with Crippen molar-refractivity contribution < 1.29 is 28.2 Å². The van der Waals surface area contributed by atoms with E-state index in [1.54, 1.807) is 24.1 Å². The minimum absolute atomic E-state index is 0.0912. The molecule has 12 nitrogen and oxygen atoms in total. The molecule has 290 valence electrons. The second kappa shape index (κ2) is 17.1. The number of aryl methyl sites for hydroxylation is 1. The number of rotatable bonds is 14. The van der Waals surface area contributed by atoms with E-state index in [2.05, 4.69) is 20.3 Å². The third kappa shape index (κ3) is 8.65. The van der Waals surface area contributed by atoms with Crippen LogP contribution in [0.2, 0.25) is 10.0 Å². The molecule has 0 saturated carbocycles. The van der Waals surface area contributed by atoms with Crippen molar-refractivity contribution >= 4 is 46.7 Å². The maximum absolute atomic E-state index is 14.1. The van der Waals surface area contributed by atoms with Gasteiger partial charge in [-0.2, -0.15) is 5.10 Å². The van der Waals surface area contributed by atoms with Gasteiger partial charge in [-0.25, -0.2) is 9.37 Å². The number of anilines is 1. The lowest BCUT2D eigenvalue weighted by molar-refractivity contribution is -0.136. The first-order valence-electron chi connectivity index (χ1n) is 18.7. The lowest BCUT2D eigenvalue weighted by atomic mass is 10.00. The number of hydrogen-bond donors (Lipinski definition) is 2. The number of carbonyl (C=O) groups is 3. The zero-order chi connectivity index (χ0) is 38.6. The molecule has 55 heavy (non-hydrogen) atoms. The number of ether oxygens (including phenoxy) is 2. The highest BCUT2D eigenvalue weighted by Crippen LogP contribution is 2.37. The summed E-state index contributed by atoms with van der Waals surface area (Å²) in [7, 11) is 0. The van der Waals surface area contributed by atoms with E-state index in [4.69, 9.17) is 38.4 Å². The second-order valence-electron chi connectivity index (χ2n) is 14.3. The van der Waals surface area contributed by atoms with Gasteiger partial charge >= 0.3 is 0 Å². The minimum atomic E-state index is -0.674. The van der Waals surface area contributed by atoms with Crippen LogP contribution in [0, 0.1) is 5.82 Å². The van der Waals surface area contributed by atoms with Gasteiger partial charge in [0.2, 0.25) is 11.8 Å². The van der Waals surface area contributed by atoms with E-state index in [9.17, 15) is 18.8 Å². The number of amides is 3. The number of carbonyl (C=O) groups excluding carboxylic acids is 3. The van der Waals surface area contributed by atoms with Crippen LogP contribution in [-0.4, -0.2) is 81.2 Å². The molecular formula is C40H44Cl2FN7O5. The molecule has 0 radical (unpaired) electrons. The van der Waals surface area contributed by atoms with E-state index in [0.717, 1.165) is 74.0 Å². The molecule has 5 heterocycles. The van der Waals surface area contributed by atoms with Crippen molar-refractivity contribution in [3.8, 4) is 16.9 Å². The molecule has 3 aliphatic rings. The first-order valence-corrected chi connectivity index (χ1v) is 19.5. The van der Waals surface area contributed by atoms with Crippen LogP contribution in [0.3, 0.4) is 0 Å². The summed E-state index contributed by atoms with van der Waals surface area (Å²) in [6.45, 7) is 6.33. The van der Waals surface area contributed by atoms with Gasteiger partial charge in [-0.3, -0.25) is 24.4 Å². The van der Waals surface area contributed by atoms with Crippen LogP contribution in [0.4, 0.5) is 10.2 Å². The van der Waals surface area contributed by atoms with Gasteiger partial charge in [0.1, 0.15) is 18.0 Å². The van der Waals surface area contributed by atoms with Crippen LogP contribution in [0.5, 0.6) is 5.75 Å². The Morgan fingerprint density at radius 3 is 2.64 bits per heavy atom. The summed E-state index contributed by atoms with van der Waals surface area (Å²) < 4.78 is 28.2. The van der Waals surface area contributed by atoms with Crippen molar-refractivity contribution in [2.45, 2.75) is 76.6 Å². The number of fused-ring (bicyclic) bond motifs is 1. The number of likely N-dealkylation sites (tertiary alicyclic amines) is 1. The molecule has 7 rings (SSSR count). The summed E-state index contributed by atoms with van der Waals surface area (Å²) in [4.78, 5) is 45.5. The fraction of sp³-hybridized carbons (Fsp3) is 0.425. The SMILES string of the molecule is C[C@@H](Oc1cc(-c2cnn(C3CCN(CCCOCCCc4cccc5c4CN(C4CCC(=O)NC4=O)C5=O)CC3)c2)cnc1N)c1c(Cl)ccc(F)c1Cl. The zero-order valence-electron chi connectivity index (χ0n) is 30.6. The predicted molar refractivity (Wildman–Crippen MR) is 206 cm³/mol. The Hall–Kier alpha value is -4.56. The van der Waals surface area contributed by atoms with Gasteiger partial charge in [0.05, 0.1) is 17.3 Å². The van der Waals surface area contributed by atoms with E-state index in [-0.39, 0.29) is 35.1 Å². The normalized spacial score (nSPS) is 18.4.